The van der Waals surface area contributed by atoms with Gasteiger partial charge in [0.25, 0.3) is 0 Å². The van der Waals surface area contributed by atoms with Crippen LogP contribution in [-0.4, -0.2) is 24.7 Å². The summed E-state index contributed by atoms with van der Waals surface area (Å²) in [5.74, 6) is 0.800. The Morgan fingerprint density at radius 1 is 1.24 bits per heavy atom. The van der Waals surface area contributed by atoms with Crippen molar-refractivity contribution in [3.8, 4) is 5.75 Å². The molecular weight excluding hydrogens is 336 g/mol. The van der Waals surface area contributed by atoms with E-state index < -0.39 is 15.3 Å². The number of sulfonamides is 1. The Morgan fingerprint density at radius 2 is 2.00 bits per heavy atom. The predicted molar refractivity (Wildman–Crippen MR) is 98.1 cm³/mol. The van der Waals surface area contributed by atoms with Crippen LogP contribution in [0.25, 0.3) is 0 Å². The van der Waals surface area contributed by atoms with Crippen molar-refractivity contribution in [3.63, 3.8) is 0 Å². The molecule has 0 amide bonds. The SMILES string of the molecule is Cc1ncccc1COc1ccc2c(c1)C[C@@H](NS(=O)(=O)C(C)C)C2. The number of nitrogens with one attached hydrogen (secondary N) is 1. The van der Waals surface area contributed by atoms with E-state index >= 15 is 0 Å². The fourth-order valence-corrected chi connectivity index (χ4v) is 3.87. The number of aryl methyl sites for hydroxylation is 1. The summed E-state index contributed by atoms with van der Waals surface area (Å²) in [4.78, 5) is 4.26. The molecule has 134 valence electrons. The zero-order chi connectivity index (χ0) is 18.0. The minimum atomic E-state index is -3.25. The Morgan fingerprint density at radius 3 is 2.72 bits per heavy atom. The second kappa shape index (κ2) is 7.14. The average molecular weight is 360 g/mol. The van der Waals surface area contributed by atoms with Crippen molar-refractivity contribution in [1.82, 2.24) is 9.71 Å². The lowest BCUT2D eigenvalue weighted by molar-refractivity contribution is 0.304. The van der Waals surface area contributed by atoms with Crippen LogP contribution in [0.4, 0.5) is 0 Å². The lowest BCUT2D eigenvalue weighted by Crippen LogP contribution is -2.39. The van der Waals surface area contributed by atoms with Gasteiger partial charge in [-0.15, -0.1) is 0 Å². The lowest BCUT2D eigenvalue weighted by Gasteiger charge is -2.14. The zero-order valence-corrected chi connectivity index (χ0v) is 15.6. The molecule has 1 aromatic carbocycles. The van der Waals surface area contributed by atoms with Crippen LogP contribution in [0.2, 0.25) is 0 Å². The van der Waals surface area contributed by atoms with Crippen molar-refractivity contribution in [2.24, 2.45) is 0 Å². The maximum absolute atomic E-state index is 12.1. The summed E-state index contributed by atoms with van der Waals surface area (Å²) >= 11 is 0. The van der Waals surface area contributed by atoms with Crippen molar-refractivity contribution < 1.29 is 13.2 Å². The summed E-state index contributed by atoms with van der Waals surface area (Å²) in [7, 11) is -3.25. The highest BCUT2D eigenvalue weighted by Gasteiger charge is 2.27. The molecule has 0 spiro atoms. The molecule has 0 radical (unpaired) electrons. The smallest absolute Gasteiger partial charge is 0.214 e. The van der Waals surface area contributed by atoms with Gasteiger partial charge in [0.05, 0.1) is 5.25 Å². The van der Waals surface area contributed by atoms with E-state index in [1.807, 2.05) is 37.3 Å². The number of nitrogens with zero attached hydrogens (tertiary/aromatic N) is 1. The van der Waals surface area contributed by atoms with E-state index in [9.17, 15) is 8.42 Å². The van der Waals surface area contributed by atoms with Gasteiger partial charge in [-0.2, -0.15) is 0 Å². The first-order valence-corrected chi connectivity index (χ1v) is 10.1. The second-order valence-corrected chi connectivity index (χ2v) is 9.05. The van der Waals surface area contributed by atoms with Gasteiger partial charge in [0, 0.05) is 23.5 Å². The van der Waals surface area contributed by atoms with Gasteiger partial charge in [-0.05, 0) is 62.9 Å². The average Bonchev–Trinajstić information content (AvgIpc) is 2.94. The first-order chi connectivity index (χ1) is 11.8. The standard InChI is InChI=1S/C19H24N2O3S/c1-13(2)25(22,23)21-18-9-15-6-7-19(11-17(15)10-18)24-12-16-5-4-8-20-14(16)3/h4-8,11,13,18,21H,9-10,12H2,1-3H3/t18-/m0/s1. The van der Waals surface area contributed by atoms with Crippen molar-refractivity contribution >= 4 is 10.0 Å². The van der Waals surface area contributed by atoms with Gasteiger partial charge in [-0.3, -0.25) is 4.98 Å². The monoisotopic (exact) mass is 360 g/mol. The molecule has 0 fully saturated rings. The van der Waals surface area contributed by atoms with Crippen molar-refractivity contribution in [3.05, 3.63) is 58.9 Å². The van der Waals surface area contributed by atoms with Crippen LogP contribution < -0.4 is 9.46 Å². The summed E-state index contributed by atoms with van der Waals surface area (Å²) in [6.45, 7) is 5.82. The van der Waals surface area contributed by atoms with Crippen molar-refractivity contribution in [2.45, 2.75) is 51.5 Å². The van der Waals surface area contributed by atoms with Gasteiger partial charge >= 0.3 is 0 Å². The molecule has 5 nitrogen and oxygen atoms in total. The summed E-state index contributed by atoms with van der Waals surface area (Å²) < 4.78 is 32.8. The second-order valence-electron chi connectivity index (χ2n) is 6.78. The highest BCUT2D eigenvalue weighted by atomic mass is 32.2. The van der Waals surface area contributed by atoms with E-state index in [-0.39, 0.29) is 6.04 Å². The number of hydrogen-bond donors (Lipinski definition) is 1. The molecule has 2 aromatic rings. The molecule has 3 rings (SSSR count). The van der Waals surface area contributed by atoms with E-state index in [0.29, 0.717) is 13.0 Å². The van der Waals surface area contributed by atoms with Gasteiger partial charge in [-0.25, -0.2) is 13.1 Å². The van der Waals surface area contributed by atoms with Gasteiger partial charge in [0.1, 0.15) is 12.4 Å². The van der Waals surface area contributed by atoms with E-state index in [1.165, 1.54) is 5.56 Å². The van der Waals surface area contributed by atoms with E-state index in [2.05, 4.69) is 9.71 Å². The fraction of sp³-hybridized carbons (Fsp3) is 0.421. The molecule has 6 heteroatoms. The summed E-state index contributed by atoms with van der Waals surface area (Å²) in [6.07, 6.45) is 3.19. The van der Waals surface area contributed by atoms with E-state index in [4.69, 9.17) is 4.74 Å². The number of hydrogen-bond acceptors (Lipinski definition) is 4. The molecule has 1 aliphatic rings. The summed E-state index contributed by atoms with van der Waals surface area (Å²) in [5.41, 5.74) is 4.36. The van der Waals surface area contributed by atoms with Crippen LogP contribution in [0.1, 0.15) is 36.2 Å². The fourth-order valence-electron chi connectivity index (χ4n) is 2.97. The van der Waals surface area contributed by atoms with E-state index in [0.717, 1.165) is 29.0 Å². The third-order valence-electron chi connectivity index (χ3n) is 4.57. The molecule has 1 aliphatic carbocycles. The topological polar surface area (TPSA) is 68.3 Å². The van der Waals surface area contributed by atoms with Crippen LogP contribution in [0.3, 0.4) is 0 Å². The normalized spacial score (nSPS) is 16.9. The Hall–Kier alpha value is -1.92. The van der Waals surface area contributed by atoms with Crippen LogP contribution in [0.15, 0.2) is 36.5 Å². The number of benzene rings is 1. The predicted octanol–water partition coefficient (Wildman–Crippen LogP) is 2.76. The first kappa shape index (κ1) is 17.9. The maximum Gasteiger partial charge on any atom is 0.214 e. The number of pyridine rings is 1. The molecule has 0 unspecified atom stereocenters. The molecule has 0 saturated carbocycles. The zero-order valence-electron chi connectivity index (χ0n) is 14.8. The minimum absolute atomic E-state index is 0.0711. The molecule has 1 atom stereocenters. The molecule has 1 N–H and O–H groups in total. The van der Waals surface area contributed by atoms with Crippen LogP contribution in [0.5, 0.6) is 5.75 Å². The van der Waals surface area contributed by atoms with Gasteiger partial charge < -0.3 is 4.74 Å². The molecule has 1 aromatic heterocycles. The van der Waals surface area contributed by atoms with Crippen molar-refractivity contribution in [1.29, 1.82) is 0 Å². The highest BCUT2D eigenvalue weighted by Crippen LogP contribution is 2.27. The van der Waals surface area contributed by atoms with Gasteiger partial charge in [0.2, 0.25) is 10.0 Å². The molecule has 25 heavy (non-hydrogen) atoms. The number of fused-ring (bicyclic) bond motifs is 1. The number of aromatic nitrogens is 1. The Kier molecular flexibility index (Phi) is 5.11. The molecule has 0 bridgehead atoms. The molecular formula is C19H24N2O3S. The van der Waals surface area contributed by atoms with Crippen LogP contribution in [-0.2, 0) is 29.5 Å². The number of rotatable bonds is 6. The van der Waals surface area contributed by atoms with Gasteiger partial charge in [-0.1, -0.05) is 12.1 Å². The quantitative estimate of drug-likeness (QED) is 0.860. The Bertz CT molecular complexity index is 863. The van der Waals surface area contributed by atoms with E-state index in [1.54, 1.807) is 20.0 Å². The van der Waals surface area contributed by atoms with Crippen LogP contribution >= 0.6 is 0 Å². The maximum atomic E-state index is 12.1. The number of ether oxygens (including phenoxy) is 1. The molecule has 0 saturated heterocycles. The summed E-state index contributed by atoms with van der Waals surface area (Å²) in [5, 5.41) is -0.419. The Labute approximate surface area is 149 Å². The first-order valence-electron chi connectivity index (χ1n) is 8.51. The highest BCUT2D eigenvalue weighted by molar-refractivity contribution is 7.90. The summed E-state index contributed by atoms with van der Waals surface area (Å²) in [6, 6.07) is 9.84. The van der Waals surface area contributed by atoms with Crippen molar-refractivity contribution in [2.75, 3.05) is 0 Å². The van der Waals surface area contributed by atoms with Gasteiger partial charge in [0.15, 0.2) is 0 Å². The third-order valence-corrected chi connectivity index (χ3v) is 6.48. The minimum Gasteiger partial charge on any atom is -0.489 e. The molecule has 1 heterocycles. The lowest BCUT2D eigenvalue weighted by atomic mass is 10.1. The van der Waals surface area contributed by atoms with Crippen LogP contribution in [0, 0.1) is 6.92 Å². The largest absolute Gasteiger partial charge is 0.489 e. The Balaban J connectivity index is 1.65. The third kappa shape index (κ3) is 4.19. The molecule has 0 aliphatic heterocycles.